The summed E-state index contributed by atoms with van der Waals surface area (Å²) in [6, 6.07) is 17.7. The summed E-state index contributed by atoms with van der Waals surface area (Å²) in [6.07, 6.45) is 10.5. The molecule has 0 N–H and O–H groups in total. The predicted octanol–water partition coefficient (Wildman–Crippen LogP) is 6.34. The number of aryl methyl sites for hydroxylation is 1. The quantitative estimate of drug-likeness (QED) is 0.491. The number of rotatable bonds is 1. The van der Waals surface area contributed by atoms with Crippen molar-refractivity contribution < 1.29 is 0 Å². The fourth-order valence-corrected chi connectivity index (χ4v) is 4.18. The average molecular weight is 294 g/mol. The molecule has 5 rings (SSSR count). The summed E-state index contributed by atoms with van der Waals surface area (Å²) in [5, 5.41) is 2.88. The molecule has 2 aliphatic carbocycles. The summed E-state index contributed by atoms with van der Waals surface area (Å²) in [4.78, 5) is 0. The maximum atomic E-state index is 2.39. The van der Waals surface area contributed by atoms with Gasteiger partial charge in [-0.3, -0.25) is 0 Å². The van der Waals surface area contributed by atoms with Crippen LogP contribution < -0.4 is 0 Å². The van der Waals surface area contributed by atoms with Crippen molar-refractivity contribution in [3.05, 3.63) is 82.9 Å². The molecule has 0 bridgehead atoms. The van der Waals surface area contributed by atoms with Gasteiger partial charge in [0.2, 0.25) is 0 Å². The van der Waals surface area contributed by atoms with E-state index in [0.29, 0.717) is 5.92 Å². The van der Waals surface area contributed by atoms with Crippen molar-refractivity contribution in [3.8, 4) is 11.1 Å². The number of benzene rings is 3. The molecular formula is C23H18. The Morgan fingerprint density at radius 1 is 0.957 bits per heavy atom. The van der Waals surface area contributed by atoms with E-state index in [1.165, 1.54) is 44.2 Å². The highest BCUT2D eigenvalue weighted by atomic mass is 14.3. The van der Waals surface area contributed by atoms with Gasteiger partial charge in [0.05, 0.1) is 0 Å². The van der Waals surface area contributed by atoms with Gasteiger partial charge < -0.3 is 0 Å². The molecule has 1 unspecified atom stereocenters. The summed E-state index contributed by atoms with van der Waals surface area (Å²) in [7, 11) is 0. The van der Waals surface area contributed by atoms with Gasteiger partial charge in [0.15, 0.2) is 0 Å². The van der Waals surface area contributed by atoms with E-state index in [2.05, 4.69) is 79.8 Å². The van der Waals surface area contributed by atoms with E-state index in [1.54, 1.807) is 0 Å². The molecule has 0 heterocycles. The first-order chi connectivity index (χ1) is 11.3. The first kappa shape index (κ1) is 12.9. The molecule has 0 fully saturated rings. The predicted molar refractivity (Wildman–Crippen MR) is 99.5 cm³/mol. The van der Waals surface area contributed by atoms with E-state index in [0.717, 1.165) is 6.42 Å². The Morgan fingerprint density at radius 2 is 1.83 bits per heavy atom. The lowest BCUT2D eigenvalue weighted by molar-refractivity contribution is 0.861. The van der Waals surface area contributed by atoms with E-state index in [-0.39, 0.29) is 0 Å². The maximum absolute atomic E-state index is 2.39. The van der Waals surface area contributed by atoms with Crippen molar-refractivity contribution in [2.24, 2.45) is 0 Å². The lowest BCUT2D eigenvalue weighted by Crippen LogP contribution is -2.07. The fourth-order valence-electron chi connectivity index (χ4n) is 4.18. The van der Waals surface area contributed by atoms with E-state index in [4.69, 9.17) is 0 Å². The molecule has 3 aromatic rings. The third-order valence-corrected chi connectivity index (χ3v) is 5.26. The van der Waals surface area contributed by atoms with Crippen LogP contribution in [0.5, 0.6) is 0 Å². The Hall–Kier alpha value is -2.60. The fraction of sp³-hybridized carbons (Fsp3) is 0.130. The molecule has 0 radical (unpaired) electrons. The smallest absolute Gasteiger partial charge is 0.00682 e. The van der Waals surface area contributed by atoms with Gasteiger partial charge >= 0.3 is 0 Å². The Morgan fingerprint density at radius 3 is 2.70 bits per heavy atom. The molecule has 0 amide bonds. The highest BCUT2D eigenvalue weighted by Gasteiger charge is 2.24. The molecule has 0 nitrogen and oxygen atoms in total. The van der Waals surface area contributed by atoms with Crippen molar-refractivity contribution >= 4 is 22.9 Å². The number of hydrogen-bond acceptors (Lipinski definition) is 0. The Kier molecular flexibility index (Phi) is 2.63. The minimum atomic E-state index is 0.539. The first-order valence-corrected chi connectivity index (χ1v) is 8.33. The zero-order valence-corrected chi connectivity index (χ0v) is 13.2. The molecule has 1 atom stereocenters. The Bertz CT molecular complexity index is 988. The standard InChI is InChI=1S/C23H18/c1-15-14-21(16-6-3-2-4-7-16)20-13-11-18-9-5-8-17-10-12-19(15)23(20)22(17)18/h2-8,10-14,18H,9H2,1H3. The molecule has 0 heteroatoms. The maximum Gasteiger partial charge on any atom is 0.00682 e. The minimum absolute atomic E-state index is 0.539. The zero-order chi connectivity index (χ0) is 15.4. The van der Waals surface area contributed by atoms with Gasteiger partial charge in [-0.25, -0.2) is 0 Å². The number of allylic oxidation sites excluding steroid dienone is 2. The zero-order valence-electron chi connectivity index (χ0n) is 13.2. The molecule has 2 aliphatic rings. The molecule has 0 spiro atoms. The van der Waals surface area contributed by atoms with Crippen LogP contribution in [-0.4, -0.2) is 0 Å². The third-order valence-electron chi connectivity index (χ3n) is 5.26. The van der Waals surface area contributed by atoms with Crippen LogP contribution in [0, 0.1) is 6.92 Å². The highest BCUT2D eigenvalue weighted by Crippen LogP contribution is 2.45. The molecule has 23 heavy (non-hydrogen) atoms. The topological polar surface area (TPSA) is 0 Å². The first-order valence-electron chi connectivity index (χ1n) is 8.33. The average Bonchev–Trinajstić information content (AvgIpc) is 2.61. The van der Waals surface area contributed by atoms with Crippen molar-refractivity contribution in [1.82, 2.24) is 0 Å². The van der Waals surface area contributed by atoms with Gasteiger partial charge in [0.1, 0.15) is 0 Å². The molecule has 110 valence electrons. The normalized spacial score (nSPS) is 17.7. The Labute approximate surface area is 136 Å². The van der Waals surface area contributed by atoms with Gasteiger partial charge in [-0.15, -0.1) is 0 Å². The van der Waals surface area contributed by atoms with Crippen LogP contribution in [0.2, 0.25) is 0 Å². The second kappa shape index (κ2) is 4.70. The van der Waals surface area contributed by atoms with E-state index < -0.39 is 0 Å². The van der Waals surface area contributed by atoms with E-state index in [1.807, 2.05) is 0 Å². The largest absolute Gasteiger partial charge is 0.0830 e. The monoisotopic (exact) mass is 294 g/mol. The van der Waals surface area contributed by atoms with Crippen LogP contribution in [0.1, 0.15) is 34.6 Å². The van der Waals surface area contributed by atoms with E-state index >= 15 is 0 Å². The summed E-state index contributed by atoms with van der Waals surface area (Å²) in [5.41, 5.74) is 8.34. The van der Waals surface area contributed by atoms with Crippen LogP contribution >= 0.6 is 0 Å². The van der Waals surface area contributed by atoms with Crippen molar-refractivity contribution in [2.75, 3.05) is 0 Å². The molecule has 3 aromatic carbocycles. The molecule has 0 aliphatic heterocycles. The molecular weight excluding hydrogens is 276 g/mol. The van der Waals surface area contributed by atoms with E-state index in [9.17, 15) is 0 Å². The van der Waals surface area contributed by atoms with Crippen LogP contribution in [0.15, 0.2) is 60.7 Å². The van der Waals surface area contributed by atoms with Crippen LogP contribution in [-0.2, 0) is 0 Å². The second-order valence-electron chi connectivity index (χ2n) is 6.62. The second-order valence-corrected chi connectivity index (χ2v) is 6.62. The minimum Gasteiger partial charge on any atom is -0.0830 e. The summed E-state index contributed by atoms with van der Waals surface area (Å²) >= 11 is 0. The lowest BCUT2D eigenvalue weighted by Gasteiger charge is -2.27. The molecule has 0 aromatic heterocycles. The summed E-state index contributed by atoms with van der Waals surface area (Å²) in [6.45, 7) is 2.24. The Balaban J connectivity index is 1.95. The third kappa shape index (κ3) is 1.78. The van der Waals surface area contributed by atoms with Gasteiger partial charge in [0, 0.05) is 5.92 Å². The number of hydrogen-bond donors (Lipinski definition) is 0. The van der Waals surface area contributed by atoms with Gasteiger partial charge in [-0.05, 0) is 57.5 Å². The SMILES string of the molecule is Cc1cc(-c2ccccc2)c2c3c4c(ccc13)C=CCC4C=C2. The van der Waals surface area contributed by atoms with Gasteiger partial charge in [0.25, 0.3) is 0 Å². The van der Waals surface area contributed by atoms with Crippen molar-refractivity contribution in [1.29, 1.82) is 0 Å². The van der Waals surface area contributed by atoms with Crippen LogP contribution in [0.4, 0.5) is 0 Å². The lowest BCUT2D eigenvalue weighted by atomic mass is 9.76. The van der Waals surface area contributed by atoms with Crippen LogP contribution in [0.3, 0.4) is 0 Å². The van der Waals surface area contributed by atoms with Crippen molar-refractivity contribution in [3.63, 3.8) is 0 Å². The van der Waals surface area contributed by atoms with Gasteiger partial charge in [-0.1, -0.05) is 72.8 Å². The summed E-state index contributed by atoms with van der Waals surface area (Å²) < 4.78 is 0. The molecule has 0 saturated carbocycles. The molecule has 0 saturated heterocycles. The summed E-state index contributed by atoms with van der Waals surface area (Å²) in [5.74, 6) is 0.539. The van der Waals surface area contributed by atoms with Gasteiger partial charge in [-0.2, -0.15) is 0 Å². The van der Waals surface area contributed by atoms with Crippen molar-refractivity contribution in [2.45, 2.75) is 19.3 Å². The highest BCUT2D eigenvalue weighted by molar-refractivity contribution is 6.04. The van der Waals surface area contributed by atoms with Crippen LogP contribution in [0.25, 0.3) is 34.1 Å².